The van der Waals surface area contributed by atoms with Crippen LogP contribution in [0.4, 0.5) is 0 Å². The molecule has 0 spiro atoms. The number of halogens is 1. The molecule has 1 aliphatic carbocycles. The fraction of sp³-hybridized carbons (Fsp3) is 0.417. The second-order valence-corrected chi connectivity index (χ2v) is 10.7. The number of rotatable bonds is 7. The van der Waals surface area contributed by atoms with E-state index < -0.39 is 28.0 Å². The lowest BCUT2D eigenvalue weighted by molar-refractivity contribution is -0.149. The van der Waals surface area contributed by atoms with Crippen molar-refractivity contribution in [1.82, 2.24) is 4.31 Å². The smallest absolute Gasteiger partial charge is 0.317 e. The molecule has 0 bridgehead atoms. The van der Waals surface area contributed by atoms with Crippen molar-refractivity contribution in [3.05, 3.63) is 64.7 Å². The van der Waals surface area contributed by atoms with Gasteiger partial charge in [-0.2, -0.15) is 4.31 Å². The molecule has 0 radical (unpaired) electrons. The molecule has 1 saturated carbocycles. The van der Waals surface area contributed by atoms with Gasteiger partial charge in [0.2, 0.25) is 10.0 Å². The minimum atomic E-state index is -3.64. The lowest BCUT2D eigenvalue weighted by atomic mass is 9.79. The highest BCUT2D eigenvalue weighted by molar-refractivity contribution is 7.89. The van der Waals surface area contributed by atoms with Gasteiger partial charge in [0.1, 0.15) is 0 Å². The van der Waals surface area contributed by atoms with Crippen LogP contribution in [0.5, 0.6) is 0 Å². The van der Waals surface area contributed by atoms with Crippen LogP contribution in [-0.4, -0.2) is 57.4 Å². The molecule has 2 fully saturated rings. The molecule has 0 aromatic heterocycles. The second kappa shape index (κ2) is 9.93. The van der Waals surface area contributed by atoms with E-state index in [1.807, 2.05) is 12.1 Å². The van der Waals surface area contributed by atoms with Gasteiger partial charge >= 0.3 is 5.97 Å². The molecule has 2 aromatic carbocycles. The number of carbonyl (C=O) groups is 2. The van der Waals surface area contributed by atoms with E-state index in [-0.39, 0.29) is 16.2 Å². The molecule has 0 N–H and O–H groups in total. The molecule has 33 heavy (non-hydrogen) atoms. The molecular formula is C24H26ClNO6S. The lowest BCUT2D eigenvalue weighted by Crippen LogP contribution is -2.40. The highest BCUT2D eigenvalue weighted by atomic mass is 35.5. The predicted octanol–water partition coefficient (Wildman–Crippen LogP) is 3.60. The van der Waals surface area contributed by atoms with Gasteiger partial charge in [-0.1, -0.05) is 36.6 Å². The molecule has 4 rings (SSSR count). The summed E-state index contributed by atoms with van der Waals surface area (Å²) in [5.74, 6) is -0.801. The molecule has 0 unspecified atom stereocenters. The van der Waals surface area contributed by atoms with Crippen LogP contribution in [0.1, 0.15) is 41.6 Å². The second-order valence-electron chi connectivity index (χ2n) is 8.34. The molecule has 2 aromatic rings. The quantitative estimate of drug-likeness (QED) is 0.434. The Bertz CT molecular complexity index is 1100. The van der Waals surface area contributed by atoms with E-state index in [2.05, 4.69) is 0 Å². The molecule has 7 nitrogen and oxygen atoms in total. The standard InChI is InChI=1S/C24H26ClNO6S/c25-20-7-5-19(6-8-20)24(11-1-2-12-24)23(28)32-17-22(27)18-3-9-21(10-4-18)33(29,30)26-13-15-31-16-14-26/h3-10H,1-2,11-17H2. The van der Waals surface area contributed by atoms with Gasteiger partial charge in [-0.05, 0) is 54.8 Å². The van der Waals surface area contributed by atoms with Crippen LogP contribution >= 0.6 is 11.6 Å². The number of hydrogen-bond donors (Lipinski definition) is 0. The number of carbonyl (C=O) groups excluding carboxylic acids is 2. The number of Topliss-reactive ketones (excluding diaryl/α,β-unsaturated/α-hetero) is 1. The van der Waals surface area contributed by atoms with Gasteiger partial charge < -0.3 is 9.47 Å². The van der Waals surface area contributed by atoms with Gasteiger partial charge in [0.15, 0.2) is 12.4 Å². The molecule has 9 heteroatoms. The average molecular weight is 492 g/mol. The van der Waals surface area contributed by atoms with Gasteiger partial charge in [0, 0.05) is 23.7 Å². The van der Waals surface area contributed by atoms with E-state index in [1.165, 1.54) is 28.6 Å². The Morgan fingerprint density at radius 2 is 1.58 bits per heavy atom. The highest BCUT2D eigenvalue weighted by Gasteiger charge is 2.44. The number of benzene rings is 2. The van der Waals surface area contributed by atoms with Crippen molar-refractivity contribution in [2.45, 2.75) is 36.0 Å². The molecule has 1 heterocycles. The summed E-state index contributed by atoms with van der Waals surface area (Å²) < 4.78 is 37.5. The Hall–Kier alpha value is -2.26. The van der Waals surface area contributed by atoms with Gasteiger partial charge in [-0.15, -0.1) is 0 Å². The predicted molar refractivity (Wildman–Crippen MR) is 123 cm³/mol. The first kappa shape index (κ1) is 23.9. The topological polar surface area (TPSA) is 90.0 Å². The lowest BCUT2D eigenvalue weighted by Gasteiger charge is -2.27. The summed E-state index contributed by atoms with van der Waals surface area (Å²) in [5.41, 5.74) is 0.372. The summed E-state index contributed by atoms with van der Waals surface area (Å²) in [6.45, 7) is 0.920. The maximum Gasteiger partial charge on any atom is 0.317 e. The van der Waals surface area contributed by atoms with Crippen LogP contribution in [0.15, 0.2) is 53.4 Å². The number of sulfonamides is 1. The summed E-state index contributed by atoms with van der Waals surface area (Å²) in [5, 5.41) is 0.592. The Kier molecular flexibility index (Phi) is 7.19. The summed E-state index contributed by atoms with van der Waals surface area (Å²) in [4.78, 5) is 25.8. The van der Waals surface area contributed by atoms with Gasteiger partial charge in [0.05, 0.1) is 23.5 Å². The first-order valence-corrected chi connectivity index (χ1v) is 12.8. The largest absolute Gasteiger partial charge is 0.457 e. The monoisotopic (exact) mass is 491 g/mol. The molecule has 1 aliphatic heterocycles. The number of esters is 1. The van der Waals surface area contributed by atoms with Crippen molar-refractivity contribution >= 4 is 33.4 Å². The Labute approximate surface area is 198 Å². The summed E-state index contributed by atoms with van der Waals surface area (Å²) in [6, 6.07) is 12.9. The zero-order valence-corrected chi connectivity index (χ0v) is 19.7. The zero-order chi connectivity index (χ0) is 23.5. The number of ketones is 1. The Morgan fingerprint density at radius 3 is 2.18 bits per heavy atom. The third-order valence-corrected chi connectivity index (χ3v) is 8.53. The highest BCUT2D eigenvalue weighted by Crippen LogP contribution is 2.42. The van der Waals surface area contributed by atoms with E-state index in [0.29, 0.717) is 44.2 Å². The molecular weight excluding hydrogens is 466 g/mol. The Balaban J connectivity index is 1.42. The molecule has 1 saturated heterocycles. The van der Waals surface area contributed by atoms with Crippen LogP contribution in [0.2, 0.25) is 5.02 Å². The van der Waals surface area contributed by atoms with Crippen molar-refractivity contribution in [2.24, 2.45) is 0 Å². The molecule has 0 atom stereocenters. The van der Waals surface area contributed by atoms with Crippen molar-refractivity contribution in [1.29, 1.82) is 0 Å². The third-order valence-electron chi connectivity index (χ3n) is 6.36. The van der Waals surface area contributed by atoms with Gasteiger partial charge in [-0.25, -0.2) is 8.42 Å². The summed E-state index contributed by atoms with van der Waals surface area (Å²) in [6.07, 6.45) is 3.14. The molecule has 2 aliphatic rings. The van der Waals surface area contributed by atoms with Crippen molar-refractivity contribution in [3.8, 4) is 0 Å². The van der Waals surface area contributed by atoms with Crippen LogP contribution in [0.25, 0.3) is 0 Å². The number of ether oxygens (including phenoxy) is 2. The summed E-state index contributed by atoms with van der Waals surface area (Å²) >= 11 is 5.99. The minimum Gasteiger partial charge on any atom is -0.457 e. The van der Waals surface area contributed by atoms with Crippen molar-refractivity contribution in [3.63, 3.8) is 0 Å². The first-order chi connectivity index (χ1) is 15.8. The van der Waals surface area contributed by atoms with Crippen LogP contribution in [0, 0.1) is 0 Å². The number of nitrogens with zero attached hydrogens (tertiary/aromatic N) is 1. The molecule has 0 amide bonds. The van der Waals surface area contributed by atoms with Crippen LogP contribution in [0.3, 0.4) is 0 Å². The normalized spacial score (nSPS) is 18.7. The first-order valence-electron chi connectivity index (χ1n) is 11.0. The fourth-order valence-corrected chi connectivity index (χ4v) is 5.99. The van der Waals surface area contributed by atoms with Crippen LogP contribution in [-0.2, 0) is 29.7 Å². The van der Waals surface area contributed by atoms with E-state index >= 15 is 0 Å². The van der Waals surface area contributed by atoms with Gasteiger partial charge in [0.25, 0.3) is 0 Å². The van der Waals surface area contributed by atoms with Crippen molar-refractivity contribution in [2.75, 3.05) is 32.9 Å². The average Bonchev–Trinajstić information content (AvgIpc) is 3.35. The molecule has 176 valence electrons. The third kappa shape index (κ3) is 4.99. The van der Waals surface area contributed by atoms with Crippen LogP contribution < -0.4 is 0 Å². The van der Waals surface area contributed by atoms with Crippen molar-refractivity contribution < 1.29 is 27.5 Å². The number of morpholine rings is 1. The minimum absolute atomic E-state index is 0.116. The van der Waals surface area contributed by atoms with E-state index in [0.717, 1.165) is 18.4 Å². The van der Waals surface area contributed by atoms with Gasteiger partial charge in [-0.3, -0.25) is 9.59 Å². The maximum atomic E-state index is 13.0. The summed E-state index contributed by atoms with van der Waals surface area (Å²) in [7, 11) is -3.64. The maximum absolute atomic E-state index is 13.0. The fourth-order valence-electron chi connectivity index (χ4n) is 4.46. The Morgan fingerprint density at radius 1 is 0.970 bits per heavy atom. The zero-order valence-electron chi connectivity index (χ0n) is 18.2. The van der Waals surface area contributed by atoms with E-state index in [9.17, 15) is 18.0 Å². The van der Waals surface area contributed by atoms with E-state index in [1.54, 1.807) is 12.1 Å². The van der Waals surface area contributed by atoms with E-state index in [4.69, 9.17) is 21.1 Å². The SMILES string of the molecule is O=C(COC(=O)C1(c2ccc(Cl)cc2)CCCC1)c1ccc(S(=O)(=O)N2CCOCC2)cc1. The number of hydrogen-bond acceptors (Lipinski definition) is 6.